The Morgan fingerprint density at radius 3 is 2.54 bits per heavy atom. The van der Waals surface area contributed by atoms with Crippen molar-refractivity contribution in [1.82, 2.24) is 14.5 Å². The van der Waals surface area contributed by atoms with Gasteiger partial charge in [0.25, 0.3) is 0 Å². The highest BCUT2D eigenvalue weighted by atomic mass is 19.1. The first-order valence-corrected chi connectivity index (χ1v) is 7.51. The molecular formula is C19H14FN3O. The Morgan fingerprint density at radius 1 is 0.958 bits per heavy atom. The molecule has 0 amide bonds. The number of imidazole rings is 1. The Morgan fingerprint density at radius 2 is 1.79 bits per heavy atom. The van der Waals surface area contributed by atoms with Crippen LogP contribution in [0.3, 0.4) is 0 Å². The van der Waals surface area contributed by atoms with E-state index in [0.29, 0.717) is 11.5 Å². The van der Waals surface area contributed by atoms with Gasteiger partial charge in [-0.1, -0.05) is 6.07 Å². The highest BCUT2D eigenvalue weighted by Gasteiger charge is 2.08. The van der Waals surface area contributed by atoms with Crippen molar-refractivity contribution in [3.63, 3.8) is 0 Å². The van der Waals surface area contributed by atoms with E-state index in [1.54, 1.807) is 30.9 Å². The zero-order chi connectivity index (χ0) is 16.5. The lowest BCUT2D eigenvalue weighted by Gasteiger charge is -2.11. The molecule has 0 fully saturated rings. The van der Waals surface area contributed by atoms with Crippen LogP contribution in [0.4, 0.5) is 4.39 Å². The summed E-state index contributed by atoms with van der Waals surface area (Å²) in [6.07, 6.45) is 7.04. The lowest BCUT2D eigenvalue weighted by molar-refractivity contribution is 0.484. The number of ether oxygens (including phenoxy) is 1. The SMILES string of the molecule is Cc1cncn1-c1ccc2cncc(Oc3ccc(F)cc3)c2c1. The molecule has 24 heavy (non-hydrogen) atoms. The standard InChI is InChI=1S/C19H14FN3O/c1-13-9-22-12-23(13)16-5-2-14-10-21-11-19(18(14)8-16)24-17-6-3-15(20)4-7-17/h2-12H,1H3. The van der Waals surface area contributed by atoms with Crippen LogP contribution in [0.1, 0.15) is 5.69 Å². The van der Waals surface area contributed by atoms with E-state index in [1.807, 2.05) is 35.9 Å². The fourth-order valence-electron chi connectivity index (χ4n) is 2.62. The molecule has 4 rings (SSSR count). The van der Waals surface area contributed by atoms with Crippen molar-refractivity contribution >= 4 is 10.8 Å². The third-order valence-electron chi connectivity index (χ3n) is 3.85. The zero-order valence-corrected chi connectivity index (χ0v) is 13.0. The maximum Gasteiger partial charge on any atom is 0.153 e. The third-order valence-corrected chi connectivity index (χ3v) is 3.85. The quantitative estimate of drug-likeness (QED) is 0.551. The molecule has 4 aromatic rings. The van der Waals surface area contributed by atoms with E-state index in [1.165, 1.54) is 12.1 Å². The molecule has 0 bridgehead atoms. The van der Waals surface area contributed by atoms with Crippen LogP contribution >= 0.6 is 0 Å². The number of aryl methyl sites for hydroxylation is 1. The lowest BCUT2D eigenvalue weighted by atomic mass is 10.1. The molecule has 0 saturated heterocycles. The highest BCUT2D eigenvalue weighted by molar-refractivity contribution is 5.89. The lowest BCUT2D eigenvalue weighted by Crippen LogP contribution is -1.95. The number of pyridine rings is 1. The molecular weight excluding hydrogens is 305 g/mol. The van der Waals surface area contributed by atoms with Gasteiger partial charge < -0.3 is 9.30 Å². The molecule has 0 radical (unpaired) electrons. The number of rotatable bonds is 3. The Kier molecular flexibility index (Phi) is 3.46. The summed E-state index contributed by atoms with van der Waals surface area (Å²) < 4.78 is 20.9. The first kappa shape index (κ1) is 14.4. The van der Waals surface area contributed by atoms with E-state index in [9.17, 15) is 4.39 Å². The molecule has 2 heterocycles. The van der Waals surface area contributed by atoms with Gasteiger partial charge in [-0.25, -0.2) is 9.37 Å². The average molecular weight is 319 g/mol. The minimum Gasteiger partial charge on any atom is -0.455 e. The molecule has 4 nitrogen and oxygen atoms in total. The smallest absolute Gasteiger partial charge is 0.153 e. The van der Waals surface area contributed by atoms with Crippen LogP contribution in [0.15, 0.2) is 67.4 Å². The van der Waals surface area contributed by atoms with E-state index < -0.39 is 0 Å². The molecule has 0 aliphatic rings. The van der Waals surface area contributed by atoms with Gasteiger partial charge in [0.05, 0.1) is 12.5 Å². The molecule has 0 saturated carbocycles. The summed E-state index contributed by atoms with van der Waals surface area (Å²) >= 11 is 0. The molecule has 0 N–H and O–H groups in total. The van der Waals surface area contributed by atoms with Crippen molar-refractivity contribution in [3.8, 4) is 17.2 Å². The molecule has 0 aliphatic carbocycles. The number of fused-ring (bicyclic) bond motifs is 1. The van der Waals surface area contributed by atoms with Crippen molar-refractivity contribution < 1.29 is 9.13 Å². The van der Waals surface area contributed by atoms with E-state index in [0.717, 1.165) is 22.2 Å². The maximum atomic E-state index is 13.0. The minimum absolute atomic E-state index is 0.295. The van der Waals surface area contributed by atoms with Crippen LogP contribution in [0.25, 0.3) is 16.5 Å². The molecule has 0 unspecified atom stereocenters. The second-order valence-electron chi connectivity index (χ2n) is 5.50. The van der Waals surface area contributed by atoms with E-state index >= 15 is 0 Å². The van der Waals surface area contributed by atoms with Gasteiger partial charge in [0.1, 0.15) is 11.6 Å². The number of aromatic nitrogens is 3. The number of nitrogens with zero attached hydrogens (tertiary/aromatic N) is 3. The summed E-state index contributed by atoms with van der Waals surface area (Å²) in [4.78, 5) is 8.38. The average Bonchev–Trinajstić information content (AvgIpc) is 3.03. The topological polar surface area (TPSA) is 39.9 Å². The summed E-state index contributed by atoms with van der Waals surface area (Å²) in [6.45, 7) is 2.00. The second kappa shape index (κ2) is 5.77. The zero-order valence-electron chi connectivity index (χ0n) is 13.0. The van der Waals surface area contributed by atoms with Crippen molar-refractivity contribution in [2.45, 2.75) is 6.92 Å². The fraction of sp³-hybridized carbons (Fsp3) is 0.0526. The summed E-state index contributed by atoms with van der Waals surface area (Å²) in [5, 5.41) is 1.90. The summed E-state index contributed by atoms with van der Waals surface area (Å²) in [5.74, 6) is 0.893. The van der Waals surface area contributed by atoms with Crippen LogP contribution in [0.2, 0.25) is 0 Å². The predicted molar refractivity (Wildman–Crippen MR) is 90.1 cm³/mol. The number of benzene rings is 2. The molecule has 118 valence electrons. The van der Waals surface area contributed by atoms with Gasteiger partial charge in [-0.15, -0.1) is 0 Å². The second-order valence-corrected chi connectivity index (χ2v) is 5.50. The number of hydrogen-bond donors (Lipinski definition) is 0. The fourth-order valence-corrected chi connectivity index (χ4v) is 2.62. The Bertz CT molecular complexity index is 1010. The first-order chi connectivity index (χ1) is 11.7. The third kappa shape index (κ3) is 2.60. The number of halogens is 1. The first-order valence-electron chi connectivity index (χ1n) is 7.51. The van der Waals surface area contributed by atoms with E-state index in [4.69, 9.17) is 4.74 Å². The highest BCUT2D eigenvalue weighted by Crippen LogP contribution is 2.30. The molecule has 5 heteroatoms. The van der Waals surface area contributed by atoms with E-state index in [2.05, 4.69) is 9.97 Å². The minimum atomic E-state index is -0.295. The Labute approximate surface area is 138 Å². The summed E-state index contributed by atoms with van der Waals surface area (Å²) in [7, 11) is 0. The summed E-state index contributed by atoms with van der Waals surface area (Å²) in [5.41, 5.74) is 2.04. The number of hydrogen-bond acceptors (Lipinski definition) is 3. The van der Waals surface area contributed by atoms with Gasteiger partial charge in [0.2, 0.25) is 0 Å². The van der Waals surface area contributed by atoms with E-state index in [-0.39, 0.29) is 5.82 Å². The molecule has 2 aromatic carbocycles. The Balaban J connectivity index is 1.80. The van der Waals surface area contributed by atoms with Crippen LogP contribution in [0.5, 0.6) is 11.5 Å². The maximum absolute atomic E-state index is 13.0. The van der Waals surface area contributed by atoms with Gasteiger partial charge in [-0.3, -0.25) is 4.98 Å². The molecule has 0 aliphatic heterocycles. The molecule has 0 spiro atoms. The van der Waals surface area contributed by atoms with Crippen molar-refractivity contribution in [2.75, 3.05) is 0 Å². The molecule has 0 atom stereocenters. The Hall–Kier alpha value is -3.21. The largest absolute Gasteiger partial charge is 0.455 e. The monoisotopic (exact) mass is 319 g/mol. The van der Waals surface area contributed by atoms with Gasteiger partial charge in [0.15, 0.2) is 5.75 Å². The normalized spacial score (nSPS) is 10.9. The summed E-state index contributed by atoms with van der Waals surface area (Å²) in [6, 6.07) is 12.0. The van der Waals surface area contributed by atoms with Crippen LogP contribution < -0.4 is 4.74 Å². The molecule has 2 aromatic heterocycles. The van der Waals surface area contributed by atoms with Crippen LogP contribution in [-0.2, 0) is 0 Å². The van der Waals surface area contributed by atoms with Gasteiger partial charge in [0, 0.05) is 34.5 Å². The van der Waals surface area contributed by atoms with Crippen molar-refractivity contribution in [3.05, 3.63) is 78.9 Å². The van der Waals surface area contributed by atoms with Gasteiger partial charge in [-0.2, -0.15) is 0 Å². The van der Waals surface area contributed by atoms with Crippen molar-refractivity contribution in [1.29, 1.82) is 0 Å². The van der Waals surface area contributed by atoms with Crippen LogP contribution in [-0.4, -0.2) is 14.5 Å². The predicted octanol–water partition coefficient (Wildman–Crippen LogP) is 4.66. The van der Waals surface area contributed by atoms with Crippen LogP contribution in [0, 0.1) is 12.7 Å². The van der Waals surface area contributed by atoms with Crippen molar-refractivity contribution in [2.24, 2.45) is 0 Å². The van der Waals surface area contributed by atoms with Gasteiger partial charge >= 0.3 is 0 Å². The van der Waals surface area contributed by atoms with Gasteiger partial charge in [-0.05, 0) is 43.3 Å².